The van der Waals surface area contributed by atoms with Crippen LogP contribution in [0.4, 0.5) is 0 Å². The maximum Gasteiger partial charge on any atom is 0.352 e. The van der Waals surface area contributed by atoms with Crippen molar-refractivity contribution in [3.05, 3.63) is 102 Å². The SMILES string of the molecule is O=c1c2sccc2n2c(=O)n(Cc3cccc(Br)c3)nc2n1CCc1ccccc1. The molecular weight excluding hydrogens is 464 g/mol. The monoisotopic (exact) mass is 480 g/mol. The molecule has 0 aliphatic carbocycles. The Labute approximate surface area is 183 Å². The van der Waals surface area contributed by atoms with Crippen molar-refractivity contribution in [3.8, 4) is 0 Å². The predicted molar refractivity (Wildman–Crippen MR) is 122 cm³/mol. The zero-order valence-electron chi connectivity index (χ0n) is 15.9. The van der Waals surface area contributed by atoms with Crippen molar-refractivity contribution in [2.24, 2.45) is 0 Å². The smallest absolute Gasteiger partial charge is 0.275 e. The Kier molecular flexibility index (Phi) is 4.88. The quantitative estimate of drug-likeness (QED) is 0.382. The van der Waals surface area contributed by atoms with E-state index in [1.165, 1.54) is 16.0 Å². The van der Waals surface area contributed by atoms with E-state index in [4.69, 9.17) is 0 Å². The third kappa shape index (κ3) is 3.32. The molecule has 0 aliphatic rings. The molecule has 30 heavy (non-hydrogen) atoms. The van der Waals surface area contributed by atoms with Crippen LogP contribution >= 0.6 is 27.3 Å². The van der Waals surface area contributed by atoms with E-state index in [2.05, 4.69) is 21.0 Å². The first-order valence-corrected chi connectivity index (χ1v) is 11.2. The van der Waals surface area contributed by atoms with E-state index in [1.807, 2.05) is 66.0 Å². The van der Waals surface area contributed by atoms with E-state index in [0.717, 1.165) is 15.6 Å². The van der Waals surface area contributed by atoms with Gasteiger partial charge in [-0.05, 0) is 41.1 Å². The van der Waals surface area contributed by atoms with Gasteiger partial charge in [-0.2, -0.15) is 0 Å². The molecule has 8 heteroatoms. The lowest BCUT2D eigenvalue weighted by Crippen LogP contribution is -2.26. The Morgan fingerprint density at radius 2 is 1.77 bits per heavy atom. The third-order valence-electron chi connectivity index (χ3n) is 5.08. The highest BCUT2D eigenvalue weighted by molar-refractivity contribution is 9.10. The molecule has 0 bridgehead atoms. The molecule has 0 saturated heterocycles. The summed E-state index contributed by atoms with van der Waals surface area (Å²) in [6.45, 7) is 0.784. The molecule has 0 N–H and O–H groups in total. The number of aryl methyl sites for hydroxylation is 2. The van der Waals surface area contributed by atoms with E-state index >= 15 is 0 Å². The number of halogens is 1. The lowest BCUT2D eigenvalue weighted by atomic mass is 10.1. The highest BCUT2D eigenvalue weighted by atomic mass is 79.9. The molecule has 3 heterocycles. The van der Waals surface area contributed by atoms with Gasteiger partial charge in [0.25, 0.3) is 5.56 Å². The Balaban J connectivity index is 1.66. The fourth-order valence-corrected chi connectivity index (χ4v) is 4.90. The normalized spacial score (nSPS) is 11.5. The molecular formula is C22H17BrN4O2S. The maximum atomic E-state index is 13.2. The molecule has 0 unspecified atom stereocenters. The molecule has 0 fully saturated rings. The summed E-state index contributed by atoms with van der Waals surface area (Å²) in [4.78, 5) is 26.4. The first kappa shape index (κ1) is 19.0. The van der Waals surface area contributed by atoms with Crippen LogP contribution in [0.15, 0.2) is 80.1 Å². The molecule has 0 aliphatic heterocycles. The minimum Gasteiger partial charge on any atom is -0.275 e. The summed E-state index contributed by atoms with van der Waals surface area (Å²) in [5.41, 5.74) is 2.34. The predicted octanol–water partition coefficient (Wildman–Crippen LogP) is 3.93. The van der Waals surface area contributed by atoms with Crippen LogP contribution in [-0.4, -0.2) is 18.7 Å². The largest absolute Gasteiger partial charge is 0.352 e. The van der Waals surface area contributed by atoms with Gasteiger partial charge in [-0.15, -0.1) is 16.4 Å². The second-order valence-electron chi connectivity index (χ2n) is 7.03. The zero-order valence-corrected chi connectivity index (χ0v) is 18.3. The van der Waals surface area contributed by atoms with Gasteiger partial charge in [-0.3, -0.25) is 9.36 Å². The summed E-state index contributed by atoms with van der Waals surface area (Å²) >= 11 is 4.82. The van der Waals surface area contributed by atoms with E-state index in [1.54, 1.807) is 8.97 Å². The standard InChI is InChI=1S/C22H17BrN4O2S/c23-17-8-4-7-16(13-17)14-26-22(29)27-18-10-12-30-19(18)20(28)25(21(27)24-26)11-9-15-5-2-1-3-6-15/h1-8,10,12-13H,9,11,14H2. The minimum absolute atomic E-state index is 0.108. The highest BCUT2D eigenvalue weighted by Gasteiger charge is 2.18. The Morgan fingerprint density at radius 1 is 0.967 bits per heavy atom. The lowest BCUT2D eigenvalue weighted by molar-refractivity contribution is 0.645. The van der Waals surface area contributed by atoms with Crippen molar-refractivity contribution in [1.29, 1.82) is 0 Å². The number of nitrogens with zero attached hydrogens (tertiary/aromatic N) is 4. The average molecular weight is 481 g/mol. The van der Waals surface area contributed by atoms with Crippen LogP contribution in [0.1, 0.15) is 11.1 Å². The van der Waals surface area contributed by atoms with Gasteiger partial charge in [-0.1, -0.05) is 58.4 Å². The molecule has 2 aromatic carbocycles. The van der Waals surface area contributed by atoms with E-state index in [-0.39, 0.29) is 11.2 Å². The molecule has 3 aromatic heterocycles. The van der Waals surface area contributed by atoms with Gasteiger partial charge in [-0.25, -0.2) is 13.9 Å². The van der Waals surface area contributed by atoms with Crippen LogP contribution in [0, 0.1) is 0 Å². The van der Waals surface area contributed by atoms with Crippen molar-refractivity contribution in [3.63, 3.8) is 0 Å². The summed E-state index contributed by atoms with van der Waals surface area (Å²) in [5, 5.41) is 6.40. The first-order chi connectivity index (χ1) is 14.6. The minimum atomic E-state index is -0.248. The van der Waals surface area contributed by atoms with Crippen LogP contribution in [-0.2, 0) is 19.5 Å². The van der Waals surface area contributed by atoms with Crippen molar-refractivity contribution in [2.75, 3.05) is 0 Å². The number of thiophene rings is 1. The van der Waals surface area contributed by atoms with Crippen molar-refractivity contribution >= 4 is 43.3 Å². The zero-order chi connectivity index (χ0) is 20.7. The van der Waals surface area contributed by atoms with Gasteiger partial charge in [0.15, 0.2) is 0 Å². The number of benzene rings is 2. The van der Waals surface area contributed by atoms with Gasteiger partial charge in [0.2, 0.25) is 5.78 Å². The Hall–Kier alpha value is -2.97. The molecule has 0 radical (unpaired) electrons. The number of aromatic nitrogens is 4. The molecule has 0 atom stereocenters. The summed E-state index contributed by atoms with van der Waals surface area (Å²) in [6, 6.07) is 19.6. The van der Waals surface area contributed by atoms with Gasteiger partial charge in [0, 0.05) is 11.0 Å². The Morgan fingerprint density at radius 3 is 2.57 bits per heavy atom. The van der Waals surface area contributed by atoms with Crippen LogP contribution in [0.3, 0.4) is 0 Å². The van der Waals surface area contributed by atoms with Crippen molar-refractivity contribution in [2.45, 2.75) is 19.5 Å². The molecule has 150 valence electrons. The molecule has 5 rings (SSSR count). The van der Waals surface area contributed by atoms with Gasteiger partial charge in [0.1, 0.15) is 4.70 Å². The van der Waals surface area contributed by atoms with E-state index < -0.39 is 0 Å². The third-order valence-corrected chi connectivity index (χ3v) is 6.46. The second-order valence-corrected chi connectivity index (χ2v) is 8.86. The summed E-state index contributed by atoms with van der Waals surface area (Å²) in [6.07, 6.45) is 0.681. The molecule has 0 saturated carbocycles. The summed E-state index contributed by atoms with van der Waals surface area (Å²) < 4.78 is 6.10. The number of hydrogen-bond donors (Lipinski definition) is 0. The number of hydrogen-bond acceptors (Lipinski definition) is 4. The second kappa shape index (κ2) is 7.70. The first-order valence-electron chi connectivity index (χ1n) is 9.50. The summed E-state index contributed by atoms with van der Waals surface area (Å²) in [7, 11) is 0. The van der Waals surface area contributed by atoms with Crippen LogP contribution < -0.4 is 11.2 Å². The fraction of sp³-hybridized carbons (Fsp3) is 0.136. The Bertz CT molecular complexity index is 1480. The van der Waals surface area contributed by atoms with Gasteiger partial charge in [0.05, 0.1) is 12.1 Å². The number of rotatable bonds is 5. The van der Waals surface area contributed by atoms with E-state index in [9.17, 15) is 9.59 Å². The van der Waals surface area contributed by atoms with Crippen LogP contribution in [0.2, 0.25) is 0 Å². The van der Waals surface area contributed by atoms with Gasteiger partial charge >= 0.3 is 5.69 Å². The molecule has 0 amide bonds. The van der Waals surface area contributed by atoms with Crippen molar-refractivity contribution < 1.29 is 0 Å². The molecule has 6 nitrogen and oxygen atoms in total. The number of fused-ring (bicyclic) bond motifs is 3. The molecule has 0 spiro atoms. The lowest BCUT2D eigenvalue weighted by Gasteiger charge is -2.08. The van der Waals surface area contributed by atoms with Crippen LogP contribution in [0.25, 0.3) is 16.0 Å². The molecule has 5 aromatic rings. The fourth-order valence-electron chi connectivity index (χ4n) is 3.63. The van der Waals surface area contributed by atoms with Crippen LogP contribution in [0.5, 0.6) is 0 Å². The average Bonchev–Trinajstić information content (AvgIpc) is 3.34. The topological polar surface area (TPSA) is 61.3 Å². The van der Waals surface area contributed by atoms with Crippen molar-refractivity contribution in [1.82, 2.24) is 18.7 Å². The van der Waals surface area contributed by atoms with E-state index in [0.29, 0.717) is 35.5 Å². The highest BCUT2D eigenvalue weighted by Crippen LogP contribution is 2.18. The van der Waals surface area contributed by atoms with Gasteiger partial charge < -0.3 is 0 Å². The maximum absolute atomic E-state index is 13.2. The summed E-state index contributed by atoms with van der Waals surface area (Å²) in [5.74, 6) is 0.377.